The second kappa shape index (κ2) is 6.55. The summed E-state index contributed by atoms with van der Waals surface area (Å²) in [5.41, 5.74) is 2.35. The van der Waals surface area contributed by atoms with Crippen molar-refractivity contribution < 1.29 is 9.47 Å². The topological polar surface area (TPSA) is 66.2 Å². The molecule has 0 unspecified atom stereocenters. The SMILES string of the molecule is CCOC(=N)c1cc(C(=N)OCC)cc(C(C)(C)C)c1. The third kappa shape index (κ3) is 4.08. The van der Waals surface area contributed by atoms with Crippen LogP contribution in [-0.2, 0) is 14.9 Å². The first-order chi connectivity index (χ1) is 9.29. The number of benzene rings is 1. The monoisotopic (exact) mass is 276 g/mol. The van der Waals surface area contributed by atoms with Crippen LogP contribution < -0.4 is 0 Å². The number of nitrogens with one attached hydrogen (secondary N) is 2. The Hall–Kier alpha value is -1.84. The van der Waals surface area contributed by atoms with E-state index in [1.54, 1.807) is 6.07 Å². The van der Waals surface area contributed by atoms with Gasteiger partial charge in [0.05, 0.1) is 13.2 Å². The van der Waals surface area contributed by atoms with Crippen molar-refractivity contribution in [2.24, 2.45) is 0 Å². The predicted octanol–water partition coefficient (Wildman–Crippen LogP) is 3.71. The van der Waals surface area contributed by atoms with Crippen molar-refractivity contribution in [3.8, 4) is 0 Å². The first kappa shape index (κ1) is 16.2. The molecule has 0 fully saturated rings. The summed E-state index contributed by atoms with van der Waals surface area (Å²) in [6, 6.07) is 5.66. The van der Waals surface area contributed by atoms with E-state index in [9.17, 15) is 0 Å². The van der Waals surface area contributed by atoms with Gasteiger partial charge in [-0.15, -0.1) is 0 Å². The summed E-state index contributed by atoms with van der Waals surface area (Å²) in [5, 5.41) is 15.9. The van der Waals surface area contributed by atoms with Crippen LogP contribution in [0, 0.1) is 10.8 Å². The lowest BCUT2D eigenvalue weighted by molar-refractivity contribution is 0.324. The standard InChI is InChI=1S/C16H24N2O2/c1-6-19-14(17)11-8-12(15(18)20-7-2)10-13(9-11)16(3,4)5/h8-10,17-18H,6-7H2,1-5H3. The van der Waals surface area contributed by atoms with Gasteiger partial charge >= 0.3 is 0 Å². The van der Waals surface area contributed by atoms with Crippen molar-refractivity contribution in [3.05, 3.63) is 34.9 Å². The van der Waals surface area contributed by atoms with Crippen LogP contribution in [0.2, 0.25) is 0 Å². The molecule has 4 heteroatoms. The Kier molecular flexibility index (Phi) is 5.31. The van der Waals surface area contributed by atoms with Crippen molar-refractivity contribution in [1.82, 2.24) is 0 Å². The maximum Gasteiger partial charge on any atom is 0.213 e. The molecule has 1 rings (SSSR count). The maximum absolute atomic E-state index is 7.94. The minimum atomic E-state index is -0.0657. The fourth-order valence-electron chi connectivity index (χ4n) is 1.78. The largest absolute Gasteiger partial charge is 0.478 e. The third-order valence-corrected chi connectivity index (χ3v) is 2.90. The Morgan fingerprint density at radius 2 is 1.30 bits per heavy atom. The average Bonchev–Trinajstić information content (AvgIpc) is 2.37. The molecule has 0 aliphatic heterocycles. The summed E-state index contributed by atoms with van der Waals surface area (Å²) in [6.07, 6.45) is 0. The van der Waals surface area contributed by atoms with E-state index in [4.69, 9.17) is 20.3 Å². The average molecular weight is 276 g/mol. The molecule has 20 heavy (non-hydrogen) atoms. The van der Waals surface area contributed by atoms with E-state index in [0.717, 1.165) is 5.56 Å². The van der Waals surface area contributed by atoms with Crippen LogP contribution in [0.1, 0.15) is 51.3 Å². The van der Waals surface area contributed by atoms with Gasteiger partial charge in [0, 0.05) is 11.1 Å². The normalized spacial score (nSPS) is 11.1. The summed E-state index contributed by atoms with van der Waals surface area (Å²) in [7, 11) is 0. The molecule has 2 N–H and O–H groups in total. The van der Waals surface area contributed by atoms with Crippen LogP contribution >= 0.6 is 0 Å². The van der Waals surface area contributed by atoms with Gasteiger partial charge in [-0.1, -0.05) is 20.8 Å². The molecule has 0 bridgehead atoms. The molecule has 1 aromatic carbocycles. The minimum absolute atomic E-state index is 0.0657. The van der Waals surface area contributed by atoms with Gasteiger partial charge < -0.3 is 9.47 Å². The highest BCUT2D eigenvalue weighted by atomic mass is 16.5. The molecular formula is C16H24N2O2. The third-order valence-electron chi connectivity index (χ3n) is 2.90. The van der Waals surface area contributed by atoms with E-state index >= 15 is 0 Å². The summed E-state index contributed by atoms with van der Waals surface area (Å²) >= 11 is 0. The van der Waals surface area contributed by atoms with Gasteiger partial charge in [0.15, 0.2) is 0 Å². The zero-order valence-electron chi connectivity index (χ0n) is 13.0. The number of hydrogen-bond donors (Lipinski definition) is 2. The van der Waals surface area contributed by atoms with Crippen molar-refractivity contribution in [2.45, 2.75) is 40.0 Å². The van der Waals surface area contributed by atoms with Crippen LogP contribution in [0.3, 0.4) is 0 Å². The van der Waals surface area contributed by atoms with Gasteiger partial charge in [-0.25, -0.2) is 0 Å². The quantitative estimate of drug-likeness (QED) is 0.650. The molecule has 4 nitrogen and oxygen atoms in total. The van der Waals surface area contributed by atoms with E-state index in [-0.39, 0.29) is 17.2 Å². The first-order valence-corrected chi connectivity index (χ1v) is 6.88. The number of ether oxygens (including phenoxy) is 2. The molecule has 0 amide bonds. The molecule has 1 aromatic rings. The smallest absolute Gasteiger partial charge is 0.213 e. The van der Waals surface area contributed by atoms with E-state index in [1.165, 1.54) is 0 Å². The zero-order chi connectivity index (χ0) is 15.3. The molecule has 0 saturated heterocycles. The Bertz CT molecular complexity index is 465. The zero-order valence-corrected chi connectivity index (χ0v) is 13.0. The highest BCUT2D eigenvalue weighted by Gasteiger charge is 2.18. The van der Waals surface area contributed by atoms with Crippen LogP contribution in [0.5, 0.6) is 0 Å². The van der Waals surface area contributed by atoms with E-state index in [2.05, 4.69) is 20.8 Å². The maximum atomic E-state index is 7.94. The van der Waals surface area contributed by atoms with Gasteiger partial charge in [0.1, 0.15) is 0 Å². The molecule has 110 valence electrons. The molecule has 0 aromatic heterocycles. The fourth-order valence-corrected chi connectivity index (χ4v) is 1.78. The summed E-state index contributed by atoms with van der Waals surface area (Å²) in [6.45, 7) is 10.9. The Morgan fingerprint density at radius 3 is 1.60 bits per heavy atom. The van der Waals surface area contributed by atoms with Gasteiger partial charge in [-0.3, -0.25) is 10.8 Å². The van der Waals surface area contributed by atoms with Crippen LogP contribution in [0.25, 0.3) is 0 Å². The lowest BCUT2D eigenvalue weighted by Crippen LogP contribution is -2.16. The highest BCUT2D eigenvalue weighted by molar-refractivity contribution is 5.97. The lowest BCUT2D eigenvalue weighted by atomic mass is 9.85. The van der Waals surface area contributed by atoms with Crippen molar-refractivity contribution in [2.75, 3.05) is 13.2 Å². The van der Waals surface area contributed by atoms with Gasteiger partial charge in [-0.2, -0.15) is 0 Å². The van der Waals surface area contributed by atoms with Crippen molar-refractivity contribution >= 4 is 11.8 Å². The lowest BCUT2D eigenvalue weighted by Gasteiger charge is -2.21. The molecule has 0 atom stereocenters. The second-order valence-electron chi connectivity index (χ2n) is 5.57. The van der Waals surface area contributed by atoms with Crippen LogP contribution in [0.4, 0.5) is 0 Å². The second-order valence-corrected chi connectivity index (χ2v) is 5.57. The number of hydrogen-bond acceptors (Lipinski definition) is 4. The summed E-state index contributed by atoms with van der Waals surface area (Å²) in [5.74, 6) is 0.258. The Morgan fingerprint density at radius 1 is 0.900 bits per heavy atom. The van der Waals surface area contributed by atoms with Gasteiger partial charge in [0.2, 0.25) is 11.8 Å². The van der Waals surface area contributed by atoms with Crippen molar-refractivity contribution in [1.29, 1.82) is 10.8 Å². The van der Waals surface area contributed by atoms with E-state index in [1.807, 2.05) is 26.0 Å². The molecule has 0 aliphatic carbocycles. The molecule has 0 aliphatic rings. The highest BCUT2D eigenvalue weighted by Crippen LogP contribution is 2.25. The van der Waals surface area contributed by atoms with Crippen molar-refractivity contribution in [3.63, 3.8) is 0 Å². The molecule has 0 radical (unpaired) electrons. The fraction of sp³-hybridized carbons (Fsp3) is 0.500. The molecule has 0 heterocycles. The molecular weight excluding hydrogens is 252 g/mol. The van der Waals surface area contributed by atoms with Gasteiger partial charge in [-0.05, 0) is 43.0 Å². The van der Waals surface area contributed by atoms with Crippen LogP contribution in [0.15, 0.2) is 18.2 Å². The molecule has 0 spiro atoms. The van der Waals surface area contributed by atoms with Gasteiger partial charge in [0.25, 0.3) is 0 Å². The first-order valence-electron chi connectivity index (χ1n) is 6.88. The Labute approximate surface area is 121 Å². The summed E-state index contributed by atoms with van der Waals surface area (Å²) in [4.78, 5) is 0. The Balaban J connectivity index is 3.28. The molecule has 0 saturated carbocycles. The number of rotatable bonds is 4. The van der Waals surface area contributed by atoms with E-state index in [0.29, 0.717) is 24.3 Å². The van der Waals surface area contributed by atoms with Crippen LogP contribution in [-0.4, -0.2) is 25.0 Å². The minimum Gasteiger partial charge on any atom is -0.478 e. The predicted molar refractivity (Wildman–Crippen MR) is 82.1 cm³/mol. The summed E-state index contributed by atoms with van der Waals surface area (Å²) < 4.78 is 10.5. The van der Waals surface area contributed by atoms with E-state index < -0.39 is 0 Å².